The summed E-state index contributed by atoms with van der Waals surface area (Å²) in [6.07, 6.45) is 0. The van der Waals surface area contributed by atoms with Gasteiger partial charge in [0, 0.05) is 0 Å². The first kappa shape index (κ1) is 14.5. The van der Waals surface area contributed by atoms with E-state index in [1.165, 1.54) is 0 Å². The Bertz CT molecular complexity index is 576. The summed E-state index contributed by atoms with van der Waals surface area (Å²) in [5.74, 6) is -1.90. The summed E-state index contributed by atoms with van der Waals surface area (Å²) >= 11 is 0.505. The van der Waals surface area contributed by atoms with Crippen LogP contribution in [0.25, 0.3) is 0 Å². The van der Waals surface area contributed by atoms with Gasteiger partial charge in [0.25, 0.3) is 0 Å². The summed E-state index contributed by atoms with van der Waals surface area (Å²) in [7, 11) is -3.22. The van der Waals surface area contributed by atoms with Gasteiger partial charge in [0.05, 0.1) is 13.7 Å². The van der Waals surface area contributed by atoms with Crippen molar-refractivity contribution in [2.45, 2.75) is 11.8 Å². The smallest absolute Gasteiger partial charge is 0.359 e. The zero-order chi connectivity index (χ0) is 13.9. The van der Waals surface area contributed by atoms with Crippen LogP contribution < -0.4 is 5.14 Å². The average Bonchev–Trinajstić information content (AvgIpc) is 2.72. The van der Waals surface area contributed by atoms with Crippen LogP contribution in [-0.2, 0) is 19.5 Å². The number of rotatable bonds is 4. The lowest BCUT2D eigenvalue weighted by Gasteiger charge is -2.02. The van der Waals surface area contributed by atoms with E-state index in [4.69, 9.17) is 5.14 Å². The highest BCUT2D eigenvalue weighted by molar-refractivity contribution is 7.89. The van der Waals surface area contributed by atoms with Crippen LogP contribution >= 0.6 is 11.5 Å². The number of primary sulfonamides is 1. The molecule has 1 heterocycles. The van der Waals surface area contributed by atoms with E-state index in [0.717, 1.165) is 7.11 Å². The van der Waals surface area contributed by atoms with Gasteiger partial charge in [0.15, 0.2) is 10.6 Å². The number of carbonyl (C=O) groups is 2. The summed E-state index contributed by atoms with van der Waals surface area (Å²) < 4.78 is 35.4. The van der Waals surface area contributed by atoms with Gasteiger partial charge in [0.1, 0.15) is 4.90 Å². The molecule has 1 aromatic rings. The Morgan fingerprint density at radius 3 is 2.44 bits per heavy atom. The molecule has 2 N–H and O–H groups in total. The maximum atomic E-state index is 11.5. The zero-order valence-corrected chi connectivity index (χ0v) is 11.1. The molecule has 0 spiro atoms. The molecule has 0 radical (unpaired) electrons. The lowest BCUT2D eigenvalue weighted by Crippen LogP contribution is -2.20. The van der Waals surface area contributed by atoms with Crippen LogP contribution in [0.3, 0.4) is 0 Å². The van der Waals surface area contributed by atoms with E-state index < -0.39 is 32.6 Å². The Kier molecular flexibility index (Phi) is 4.38. The molecule has 0 unspecified atom stereocenters. The Hall–Kier alpha value is -1.52. The molecule has 0 bridgehead atoms. The van der Waals surface area contributed by atoms with Crippen molar-refractivity contribution in [1.29, 1.82) is 0 Å². The molecule has 10 heteroatoms. The fraction of sp³-hybridized carbons (Fsp3) is 0.375. The predicted octanol–water partition coefficient (Wildman–Crippen LogP) is -0.246. The molecule has 0 aliphatic carbocycles. The van der Waals surface area contributed by atoms with Crippen molar-refractivity contribution < 1.29 is 27.5 Å². The number of hydrogen-bond acceptors (Lipinski definition) is 8. The van der Waals surface area contributed by atoms with Crippen molar-refractivity contribution in [1.82, 2.24) is 4.37 Å². The molecule has 18 heavy (non-hydrogen) atoms. The van der Waals surface area contributed by atoms with Crippen molar-refractivity contribution >= 4 is 33.5 Å². The normalized spacial score (nSPS) is 11.1. The second kappa shape index (κ2) is 5.42. The maximum Gasteiger partial charge on any atom is 0.359 e. The van der Waals surface area contributed by atoms with E-state index in [1.807, 2.05) is 0 Å². The summed E-state index contributed by atoms with van der Waals surface area (Å²) in [5, 5.41) is 4.95. The standard InChI is InChI=1S/C8H10N2O6S2/c1-3-16-7(11)4-6(18(9,13)14)5(17-10-4)8(12)15-2/h3H2,1-2H3,(H2,9,13,14). The number of sulfonamides is 1. The molecule has 0 aliphatic heterocycles. The first-order valence-corrected chi connectivity index (χ1v) is 6.92. The van der Waals surface area contributed by atoms with Crippen LogP contribution in [0.2, 0.25) is 0 Å². The molecular formula is C8H10N2O6S2. The van der Waals surface area contributed by atoms with Crippen LogP contribution in [-0.4, -0.2) is 38.4 Å². The van der Waals surface area contributed by atoms with Crippen molar-refractivity contribution in [3.05, 3.63) is 10.6 Å². The van der Waals surface area contributed by atoms with Gasteiger partial charge in [-0.2, -0.15) is 4.37 Å². The van der Waals surface area contributed by atoms with Gasteiger partial charge in [-0.25, -0.2) is 23.1 Å². The fourth-order valence-corrected chi connectivity index (χ4v) is 3.04. The third-order valence-corrected chi connectivity index (χ3v) is 3.70. The topological polar surface area (TPSA) is 126 Å². The molecule has 0 atom stereocenters. The predicted molar refractivity (Wildman–Crippen MR) is 60.8 cm³/mol. The highest BCUT2D eigenvalue weighted by atomic mass is 32.2. The van der Waals surface area contributed by atoms with Crippen molar-refractivity contribution in [3.63, 3.8) is 0 Å². The van der Waals surface area contributed by atoms with Gasteiger partial charge in [-0.05, 0) is 18.5 Å². The lowest BCUT2D eigenvalue weighted by molar-refractivity contribution is 0.0516. The van der Waals surface area contributed by atoms with E-state index in [9.17, 15) is 18.0 Å². The molecule has 1 rings (SSSR count). The largest absolute Gasteiger partial charge is 0.465 e. The minimum Gasteiger partial charge on any atom is -0.465 e. The average molecular weight is 294 g/mol. The first-order chi connectivity index (χ1) is 8.32. The number of ether oxygens (including phenoxy) is 2. The molecular weight excluding hydrogens is 284 g/mol. The van der Waals surface area contributed by atoms with Gasteiger partial charge in [-0.1, -0.05) is 0 Å². The highest BCUT2D eigenvalue weighted by Crippen LogP contribution is 2.24. The number of hydrogen-bond donors (Lipinski definition) is 1. The molecule has 0 fully saturated rings. The van der Waals surface area contributed by atoms with E-state index in [2.05, 4.69) is 13.8 Å². The Morgan fingerprint density at radius 2 is 2.00 bits per heavy atom. The van der Waals surface area contributed by atoms with E-state index >= 15 is 0 Å². The summed E-state index contributed by atoms with van der Waals surface area (Å²) in [6.45, 7) is 1.58. The molecule has 8 nitrogen and oxygen atoms in total. The molecule has 0 amide bonds. The van der Waals surface area contributed by atoms with E-state index in [0.29, 0.717) is 11.5 Å². The summed E-state index contributed by atoms with van der Waals surface area (Å²) in [5.41, 5.74) is -0.509. The number of nitrogens with zero attached hydrogens (tertiary/aromatic N) is 1. The quantitative estimate of drug-likeness (QED) is 0.759. The van der Waals surface area contributed by atoms with E-state index in [-0.39, 0.29) is 11.5 Å². The van der Waals surface area contributed by atoms with Crippen molar-refractivity contribution in [2.24, 2.45) is 5.14 Å². The molecule has 100 valence electrons. The molecule has 0 saturated heterocycles. The molecule has 0 aromatic carbocycles. The number of methoxy groups -OCH3 is 1. The van der Waals surface area contributed by atoms with Crippen molar-refractivity contribution in [3.8, 4) is 0 Å². The summed E-state index contributed by atoms with van der Waals surface area (Å²) in [6, 6.07) is 0. The van der Waals surface area contributed by atoms with Crippen molar-refractivity contribution in [2.75, 3.05) is 13.7 Å². The Balaban J connectivity index is 3.43. The maximum absolute atomic E-state index is 11.5. The van der Waals surface area contributed by atoms with Crippen LogP contribution in [0, 0.1) is 0 Å². The minimum atomic E-state index is -4.29. The van der Waals surface area contributed by atoms with Gasteiger partial charge in [-0.3, -0.25) is 0 Å². The fourth-order valence-electron chi connectivity index (χ4n) is 1.10. The van der Waals surface area contributed by atoms with Gasteiger partial charge in [0.2, 0.25) is 10.0 Å². The second-order valence-electron chi connectivity index (χ2n) is 2.95. The Labute approximate surface area is 107 Å². The Morgan fingerprint density at radius 1 is 1.39 bits per heavy atom. The van der Waals surface area contributed by atoms with Gasteiger partial charge >= 0.3 is 11.9 Å². The number of nitrogens with two attached hydrogens (primary N) is 1. The molecule has 0 saturated carbocycles. The monoisotopic (exact) mass is 294 g/mol. The number of esters is 2. The van der Waals surface area contributed by atoms with Gasteiger partial charge in [-0.15, -0.1) is 0 Å². The molecule has 1 aromatic heterocycles. The number of carbonyl (C=O) groups excluding carboxylic acids is 2. The van der Waals surface area contributed by atoms with E-state index in [1.54, 1.807) is 6.92 Å². The zero-order valence-electron chi connectivity index (χ0n) is 9.50. The third kappa shape index (κ3) is 2.83. The van der Waals surface area contributed by atoms with Crippen LogP contribution in [0.5, 0.6) is 0 Å². The summed E-state index contributed by atoms with van der Waals surface area (Å²) in [4.78, 5) is 21.8. The van der Waals surface area contributed by atoms with Gasteiger partial charge < -0.3 is 9.47 Å². The third-order valence-electron chi connectivity index (χ3n) is 1.77. The minimum absolute atomic E-state index is 0.0357. The molecule has 0 aliphatic rings. The van der Waals surface area contributed by atoms with Crippen LogP contribution in [0.15, 0.2) is 4.90 Å². The highest BCUT2D eigenvalue weighted by Gasteiger charge is 2.32. The van der Waals surface area contributed by atoms with Crippen LogP contribution in [0.4, 0.5) is 0 Å². The lowest BCUT2D eigenvalue weighted by atomic mass is 10.3. The van der Waals surface area contributed by atoms with Crippen LogP contribution in [0.1, 0.15) is 27.1 Å². The SMILES string of the molecule is CCOC(=O)c1nsc(C(=O)OC)c1S(N)(=O)=O. The second-order valence-corrected chi connectivity index (χ2v) is 5.22. The number of aromatic nitrogens is 1. The first-order valence-electron chi connectivity index (χ1n) is 4.60.